The van der Waals surface area contributed by atoms with Gasteiger partial charge in [0, 0.05) is 36.7 Å². The van der Waals surface area contributed by atoms with E-state index in [1.165, 1.54) is 18.5 Å². The van der Waals surface area contributed by atoms with Crippen LogP contribution in [0.5, 0.6) is 0 Å². The molecule has 0 aromatic heterocycles. The van der Waals surface area contributed by atoms with Gasteiger partial charge in [0.1, 0.15) is 0 Å². The van der Waals surface area contributed by atoms with Crippen molar-refractivity contribution in [2.45, 2.75) is 33.2 Å². The Morgan fingerprint density at radius 2 is 1.43 bits per heavy atom. The van der Waals surface area contributed by atoms with Crippen LogP contribution in [0.1, 0.15) is 32.3 Å². The normalized spacial score (nSPS) is 17.1. The molecule has 1 heterocycles. The zero-order valence-corrected chi connectivity index (χ0v) is 14.2. The molecule has 3 heteroatoms. The number of benzene rings is 2. The smallest absolute Gasteiger partial charge is 0.0385 e. The Balaban J connectivity index is 1.62. The molecule has 2 aromatic rings. The van der Waals surface area contributed by atoms with E-state index >= 15 is 0 Å². The lowest BCUT2D eigenvalue weighted by Gasteiger charge is -2.38. The summed E-state index contributed by atoms with van der Waals surface area (Å²) in [4.78, 5) is 2.49. The van der Waals surface area contributed by atoms with Gasteiger partial charge in [0.25, 0.3) is 0 Å². The van der Waals surface area contributed by atoms with Crippen LogP contribution in [0.25, 0.3) is 0 Å². The lowest BCUT2D eigenvalue weighted by atomic mass is 9.82. The van der Waals surface area contributed by atoms with Gasteiger partial charge in [-0.15, -0.1) is 0 Å². The van der Waals surface area contributed by atoms with Gasteiger partial charge in [0.2, 0.25) is 0 Å². The molecule has 1 saturated heterocycles. The van der Waals surface area contributed by atoms with Crippen LogP contribution < -0.4 is 16.0 Å². The summed E-state index contributed by atoms with van der Waals surface area (Å²) >= 11 is 0. The number of nitrogens with one attached hydrogen (secondary N) is 1. The molecule has 0 unspecified atom stereocenters. The summed E-state index contributed by atoms with van der Waals surface area (Å²) in [5.41, 5.74) is 10.8. The fourth-order valence-electron chi connectivity index (χ4n) is 3.02. The summed E-state index contributed by atoms with van der Waals surface area (Å²) in [5, 5.41) is 3.44. The summed E-state index contributed by atoms with van der Waals surface area (Å²) in [7, 11) is 0. The van der Waals surface area contributed by atoms with E-state index in [0.717, 1.165) is 30.0 Å². The Morgan fingerprint density at radius 1 is 0.913 bits per heavy atom. The molecule has 0 spiro atoms. The fraction of sp³-hybridized carbons (Fsp3) is 0.400. The van der Waals surface area contributed by atoms with E-state index in [2.05, 4.69) is 72.6 Å². The van der Waals surface area contributed by atoms with Gasteiger partial charge in [-0.3, -0.25) is 0 Å². The van der Waals surface area contributed by atoms with Crippen LogP contribution in [0.2, 0.25) is 0 Å². The molecule has 3 N–H and O–H groups in total. The summed E-state index contributed by atoms with van der Waals surface area (Å²) < 4.78 is 0. The van der Waals surface area contributed by atoms with Crippen LogP contribution in [-0.2, 0) is 6.54 Å². The van der Waals surface area contributed by atoms with E-state index in [1.54, 1.807) is 0 Å². The third-order valence-corrected chi connectivity index (χ3v) is 4.83. The molecule has 1 fully saturated rings. The summed E-state index contributed by atoms with van der Waals surface area (Å²) in [6, 6.07) is 17.0. The molecule has 2 aromatic carbocycles. The highest BCUT2D eigenvalue weighted by Gasteiger charge is 2.25. The number of nitrogens with zero attached hydrogens (tertiary/aromatic N) is 1. The summed E-state index contributed by atoms with van der Waals surface area (Å²) in [6.07, 6.45) is 2.53. The van der Waals surface area contributed by atoms with E-state index < -0.39 is 0 Å². The van der Waals surface area contributed by atoms with Crippen LogP contribution in [0.3, 0.4) is 0 Å². The van der Waals surface area contributed by atoms with Gasteiger partial charge in [-0.25, -0.2) is 0 Å². The van der Waals surface area contributed by atoms with Crippen LogP contribution in [0, 0.1) is 5.41 Å². The highest BCUT2D eigenvalue weighted by atomic mass is 15.1. The van der Waals surface area contributed by atoms with E-state index in [9.17, 15) is 0 Å². The van der Waals surface area contributed by atoms with Crippen molar-refractivity contribution >= 4 is 17.1 Å². The van der Waals surface area contributed by atoms with E-state index in [-0.39, 0.29) is 0 Å². The van der Waals surface area contributed by atoms with Crippen LogP contribution in [-0.4, -0.2) is 13.1 Å². The molecular weight excluding hydrogens is 282 g/mol. The lowest BCUT2D eigenvalue weighted by molar-refractivity contribution is 0.280. The van der Waals surface area contributed by atoms with Crippen molar-refractivity contribution in [3.8, 4) is 0 Å². The minimum Gasteiger partial charge on any atom is -0.371 e. The van der Waals surface area contributed by atoms with Crippen molar-refractivity contribution < 1.29 is 0 Å². The summed E-state index contributed by atoms with van der Waals surface area (Å²) in [6.45, 7) is 7.63. The summed E-state index contributed by atoms with van der Waals surface area (Å²) in [5.74, 6) is 0. The zero-order valence-electron chi connectivity index (χ0n) is 14.2. The van der Waals surface area contributed by atoms with Crippen molar-refractivity contribution in [3.05, 3.63) is 54.1 Å². The number of hydrogen-bond acceptors (Lipinski definition) is 3. The van der Waals surface area contributed by atoms with Gasteiger partial charge in [0.05, 0.1) is 0 Å². The second-order valence-corrected chi connectivity index (χ2v) is 7.22. The van der Waals surface area contributed by atoms with Crippen molar-refractivity contribution in [1.82, 2.24) is 0 Å². The van der Waals surface area contributed by atoms with Crippen molar-refractivity contribution in [2.24, 2.45) is 11.1 Å². The second kappa shape index (κ2) is 6.63. The minimum atomic E-state index is 0.494. The van der Waals surface area contributed by atoms with Gasteiger partial charge in [-0.1, -0.05) is 26.0 Å². The van der Waals surface area contributed by atoms with Gasteiger partial charge >= 0.3 is 0 Å². The molecule has 0 bridgehead atoms. The largest absolute Gasteiger partial charge is 0.371 e. The molecule has 0 amide bonds. The molecule has 3 nitrogen and oxygen atoms in total. The second-order valence-electron chi connectivity index (χ2n) is 7.22. The van der Waals surface area contributed by atoms with Crippen LogP contribution in [0.4, 0.5) is 17.1 Å². The molecule has 0 saturated carbocycles. The third kappa shape index (κ3) is 4.05. The number of piperidine rings is 1. The topological polar surface area (TPSA) is 41.3 Å². The predicted octanol–water partition coefficient (Wildman–Crippen LogP) is 4.52. The first-order valence-corrected chi connectivity index (χ1v) is 8.47. The molecule has 3 rings (SSSR count). The Bertz CT molecular complexity index is 619. The average Bonchev–Trinajstić information content (AvgIpc) is 2.56. The Labute approximate surface area is 139 Å². The number of rotatable bonds is 4. The first kappa shape index (κ1) is 15.9. The standard InChI is InChI=1S/C20H27N3/c1-20(2)11-13-23(14-12-20)19-9-7-18(8-10-19)22-17-5-3-16(15-21)4-6-17/h3-10,22H,11-15,21H2,1-2H3. The van der Waals surface area contributed by atoms with Gasteiger partial charge in [-0.2, -0.15) is 0 Å². The maximum absolute atomic E-state index is 5.63. The fourth-order valence-corrected chi connectivity index (χ4v) is 3.02. The molecule has 0 atom stereocenters. The minimum absolute atomic E-state index is 0.494. The Morgan fingerprint density at radius 3 is 1.96 bits per heavy atom. The van der Waals surface area contributed by atoms with Crippen LogP contribution in [0.15, 0.2) is 48.5 Å². The van der Waals surface area contributed by atoms with E-state index in [4.69, 9.17) is 5.73 Å². The highest BCUT2D eigenvalue weighted by Crippen LogP contribution is 2.32. The van der Waals surface area contributed by atoms with Crippen molar-refractivity contribution in [3.63, 3.8) is 0 Å². The zero-order chi connectivity index (χ0) is 16.3. The average molecular weight is 309 g/mol. The SMILES string of the molecule is CC1(C)CCN(c2ccc(Nc3ccc(CN)cc3)cc2)CC1. The Kier molecular flexibility index (Phi) is 4.58. The quantitative estimate of drug-likeness (QED) is 0.872. The van der Waals surface area contributed by atoms with Gasteiger partial charge < -0.3 is 16.0 Å². The first-order valence-electron chi connectivity index (χ1n) is 8.47. The monoisotopic (exact) mass is 309 g/mol. The number of hydrogen-bond donors (Lipinski definition) is 2. The molecule has 0 radical (unpaired) electrons. The molecular formula is C20H27N3. The van der Waals surface area contributed by atoms with Gasteiger partial charge in [-0.05, 0) is 60.2 Å². The van der Waals surface area contributed by atoms with E-state index in [0.29, 0.717) is 12.0 Å². The number of anilines is 3. The molecule has 0 aliphatic carbocycles. The molecule has 122 valence electrons. The highest BCUT2D eigenvalue weighted by molar-refractivity contribution is 5.63. The maximum Gasteiger partial charge on any atom is 0.0385 e. The van der Waals surface area contributed by atoms with Gasteiger partial charge in [0.15, 0.2) is 0 Å². The molecule has 1 aliphatic rings. The number of nitrogens with two attached hydrogens (primary N) is 1. The first-order chi connectivity index (χ1) is 11.1. The predicted molar refractivity (Wildman–Crippen MR) is 99.3 cm³/mol. The molecule has 1 aliphatic heterocycles. The van der Waals surface area contributed by atoms with Crippen molar-refractivity contribution in [1.29, 1.82) is 0 Å². The third-order valence-electron chi connectivity index (χ3n) is 4.83. The van der Waals surface area contributed by atoms with E-state index in [1.807, 2.05) is 0 Å². The maximum atomic E-state index is 5.63. The van der Waals surface area contributed by atoms with Crippen molar-refractivity contribution in [2.75, 3.05) is 23.3 Å². The van der Waals surface area contributed by atoms with Crippen LogP contribution >= 0.6 is 0 Å². The molecule has 23 heavy (non-hydrogen) atoms. The lowest BCUT2D eigenvalue weighted by Crippen LogP contribution is -2.37. The Hall–Kier alpha value is -2.00.